The van der Waals surface area contributed by atoms with Crippen molar-refractivity contribution in [3.63, 3.8) is 0 Å². The summed E-state index contributed by atoms with van der Waals surface area (Å²) in [6.07, 6.45) is 1.58. The monoisotopic (exact) mass is 244 g/mol. The highest BCUT2D eigenvalue weighted by molar-refractivity contribution is 8.00. The Hall–Kier alpha value is -0.750. The van der Waals surface area contributed by atoms with E-state index in [9.17, 15) is 9.59 Å². The van der Waals surface area contributed by atoms with Gasteiger partial charge in [0.15, 0.2) is 0 Å². The number of nitrogens with two attached hydrogens (primary N) is 1. The van der Waals surface area contributed by atoms with E-state index in [2.05, 4.69) is 0 Å². The van der Waals surface area contributed by atoms with Crippen LogP contribution < -0.4 is 5.73 Å². The van der Waals surface area contributed by atoms with Crippen molar-refractivity contribution < 1.29 is 14.3 Å². The minimum Gasteiger partial charge on any atom is -0.464 e. The summed E-state index contributed by atoms with van der Waals surface area (Å²) in [5.74, 6) is 0.210. The molecule has 2 heterocycles. The molecule has 90 valence electrons. The van der Waals surface area contributed by atoms with E-state index in [0.29, 0.717) is 18.8 Å². The second-order valence-electron chi connectivity index (χ2n) is 3.99. The van der Waals surface area contributed by atoms with Gasteiger partial charge in [0.05, 0.1) is 18.0 Å². The van der Waals surface area contributed by atoms with Crippen LogP contribution in [0, 0.1) is 0 Å². The SMILES string of the molecule is CCOC(=O)[C@@H]1CS[C@H]2CC[C@@H](N)C(=O)N21. The Morgan fingerprint density at radius 3 is 3.06 bits per heavy atom. The molecule has 0 aromatic carbocycles. The van der Waals surface area contributed by atoms with Gasteiger partial charge in [-0.15, -0.1) is 11.8 Å². The Bertz CT molecular complexity index is 310. The fourth-order valence-electron chi connectivity index (χ4n) is 2.14. The molecule has 2 aliphatic heterocycles. The number of nitrogens with zero attached hydrogens (tertiary/aromatic N) is 1. The molecule has 2 rings (SSSR count). The van der Waals surface area contributed by atoms with Crippen LogP contribution in [0.2, 0.25) is 0 Å². The molecular weight excluding hydrogens is 228 g/mol. The molecule has 0 aliphatic carbocycles. The topological polar surface area (TPSA) is 72.6 Å². The van der Waals surface area contributed by atoms with Crippen LogP contribution in [0.5, 0.6) is 0 Å². The minimum absolute atomic E-state index is 0.112. The second-order valence-corrected chi connectivity index (χ2v) is 5.20. The zero-order chi connectivity index (χ0) is 11.7. The van der Waals surface area contributed by atoms with Gasteiger partial charge in [-0.05, 0) is 19.8 Å². The molecule has 2 N–H and O–H groups in total. The van der Waals surface area contributed by atoms with Gasteiger partial charge in [-0.3, -0.25) is 4.79 Å². The maximum absolute atomic E-state index is 11.9. The lowest BCUT2D eigenvalue weighted by atomic mass is 10.0. The first-order valence-corrected chi connectivity index (χ1v) is 6.56. The molecular formula is C10H16N2O3S. The first kappa shape index (κ1) is 11.7. The highest BCUT2D eigenvalue weighted by atomic mass is 32.2. The molecule has 0 aromatic rings. The predicted octanol–water partition coefficient (Wildman–Crippen LogP) is -0.0593. The first-order valence-electron chi connectivity index (χ1n) is 5.51. The number of hydrogen-bond acceptors (Lipinski definition) is 5. The van der Waals surface area contributed by atoms with Crippen LogP contribution in [0.25, 0.3) is 0 Å². The molecule has 0 bridgehead atoms. The Morgan fingerprint density at radius 1 is 1.62 bits per heavy atom. The molecule has 5 nitrogen and oxygen atoms in total. The van der Waals surface area contributed by atoms with Gasteiger partial charge in [0.2, 0.25) is 5.91 Å². The molecule has 16 heavy (non-hydrogen) atoms. The number of ether oxygens (including phenoxy) is 1. The molecule has 2 aliphatic rings. The van der Waals surface area contributed by atoms with Gasteiger partial charge in [-0.25, -0.2) is 4.79 Å². The van der Waals surface area contributed by atoms with E-state index < -0.39 is 12.1 Å². The third-order valence-corrected chi connectivity index (χ3v) is 4.30. The van der Waals surface area contributed by atoms with Crippen molar-refractivity contribution >= 4 is 23.6 Å². The van der Waals surface area contributed by atoms with Crippen LogP contribution in [0.1, 0.15) is 19.8 Å². The lowest BCUT2D eigenvalue weighted by Crippen LogP contribution is -2.55. The fraction of sp³-hybridized carbons (Fsp3) is 0.800. The van der Waals surface area contributed by atoms with Crippen LogP contribution >= 0.6 is 11.8 Å². The average Bonchev–Trinajstić information content (AvgIpc) is 2.68. The summed E-state index contributed by atoms with van der Waals surface area (Å²) < 4.78 is 4.97. The Balaban J connectivity index is 2.11. The zero-order valence-corrected chi connectivity index (χ0v) is 10.0. The number of esters is 1. The van der Waals surface area contributed by atoms with E-state index in [1.807, 2.05) is 0 Å². The summed E-state index contributed by atoms with van der Waals surface area (Å²) in [7, 11) is 0. The smallest absolute Gasteiger partial charge is 0.329 e. The van der Waals surface area contributed by atoms with Gasteiger partial charge in [0, 0.05) is 5.75 Å². The van der Waals surface area contributed by atoms with Gasteiger partial charge >= 0.3 is 5.97 Å². The van der Waals surface area contributed by atoms with Crippen molar-refractivity contribution in [2.24, 2.45) is 5.73 Å². The van der Waals surface area contributed by atoms with E-state index in [1.165, 1.54) is 0 Å². The Kier molecular flexibility index (Phi) is 3.39. The molecule has 1 amide bonds. The van der Waals surface area contributed by atoms with Crippen molar-refractivity contribution in [2.45, 2.75) is 37.2 Å². The summed E-state index contributed by atoms with van der Waals surface area (Å²) >= 11 is 1.64. The summed E-state index contributed by atoms with van der Waals surface area (Å²) in [5.41, 5.74) is 5.72. The molecule has 0 unspecified atom stereocenters. The molecule has 0 spiro atoms. The number of hydrogen-bond donors (Lipinski definition) is 1. The van der Waals surface area contributed by atoms with Gasteiger partial charge in [0.1, 0.15) is 6.04 Å². The number of rotatable bonds is 2. The van der Waals surface area contributed by atoms with Crippen LogP contribution in [0.4, 0.5) is 0 Å². The maximum atomic E-state index is 11.9. The quantitative estimate of drug-likeness (QED) is 0.689. The highest BCUT2D eigenvalue weighted by Gasteiger charge is 2.46. The summed E-state index contributed by atoms with van der Waals surface area (Å²) in [6, 6.07) is -0.888. The van der Waals surface area contributed by atoms with Gasteiger partial charge in [-0.1, -0.05) is 0 Å². The lowest BCUT2D eigenvalue weighted by Gasteiger charge is -2.34. The predicted molar refractivity (Wildman–Crippen MR) is 60.7 cm³/mol. The molecule has 2 saturated heterocycles. The molecule has 0 saturated carbocycles. The van der Waals surface area contributed by atoms with Crippen molar-refractivity contribution in [2.75, 3.05) is 12.4 Å². The first-order chi connectivity index (χ1) is 7.65. The van der Waals surface area contributed by atoms with Crippen LogP contribution in [0.15, 0.2) is 0 Å². The van der Waals surface area contributed by atoms with Crippen molar-refractivity contribution in [3.05, 3.63) is 0 Å². The standard InChI is InChI=1S/C10H16N2O3S/c1-2-15-10(14)7-5-16-8-4-3-6(11)9(13)12(7)8/h6-8H,2-5,11H2,1H3/t6-,7+,8+/m1/s1. The van der Waals surface area contributed by atoms with Gasteiger partial charge in [0.25, 0.3) is 0 Å². The second kappa shape index (κ2) is 4.63. The van der Waals surface area contributed by atoms with Crippen LogP contribution in [0.3, 0.4) is 0 Å². The average molecular weight is 244 g/mol. The van der Waals surface area contributed by atoms with Gasteiger partial charge < -0.3 is 15.4 Å². The van der Waals surface area contributed by atoms with Crippen molar-refractivity contribution in [3.8, 4) is 0 Å². The molecule has 0 radical (unpaired) electrons. The number of piperidine rings is 1. The van der Waals surface area contributed by atoms with Gasteiger partial charge in [-0.2, -0.15) is 0 Å². The number of carbonyl (C=O) groups excluding carboxylic acids is 2. The summed E-state index contributed by atoms with van der Waals surface area (Å²) in [5, 5.41) is 0.113. The van der Waals surface area contributed by atoms with E-state index in [1.54, 1.807) is 23.6 Å². The summed E-state index contributed by atoms with van der Waals surface area (Å²) in [6.45, 7) is 2.11. The van der Waals surface area contributed by atoms with E-state index in [-0.39, 0.29) is 17.3 Å². The third kappa shape index (κ3) is 1.91. The largest absolute Gasteiger partial charge is 0.464 e. The van der Waals surface area contributed by atoms with E-state index in [0.717, 1.165) is 6.42 Å². The third-order valence-electron chi connectivity index (χ3n) is 2.95. The summed E-state index contributed by atoms with van der Waals surface area (Å²) in [4.78, 5) is 25.2. The van der Waals surface area contributed by atoms with Crippen LogP contribution in [-0.4, -0.2) is 46.6 Å². The van der Waals surface area contributed by atoms with Crippen molar-refractivity contribution in [1.82, 2.24) is 4.90 Å². The number of fused-ring (bicyclic) bond motifs is 1. The Labute approximate surface area is 98.7 Å². The normalized spacial score (nSPS) is 33.8. The molecule has 0 aromatic heterocycles. The molecule has 2 fully saturated rings. The minimum atomic E-state index is -0.452. The maximum Gasteiger partial charge on any atom is 0.329 e. The van der Waals surface area contributed by atoms with Crippen molar-refractivity contribution in [1.29, 1.82) is 0 Å². The zero-order valence-electron chi connectivity index (χ0n) is 9.22. The van der Waals surface area contributed by atoms with Crippen LogP contribution in [-0.2, 0) is 14.3 Å². The van der Waals surface area contributed by atoms with E-state index in [4.69, 9.17) is 10.5 Å². The number of carbonyl (C=O) groups is 2. The molecule has 6 heteroatoms. The van der Waals surface area contributed by atoms with E-state index >= 15 is 0 Å². The highest BCUT2D eigenvalue weighted by Crippen LogP contribution is 2.36. The number of thioether (sulfide) groups is 1. The fourth-order valence-corrected chi connectivity index (χ4v) is 3.55. The lowest BCUT2D eigenvalue weighted by molar-refractivity contribution is -0.155. The molecule has 3 atom stereocenters. The number of amides is 1. The Morgan fingerprint density at radius 2 is 2.38 bits per heavy atom.